The lowest BCUT2D eigenvalue weighted by atomic mass is 10.1. The number of rotatable bonds is 4. The second-order valence-corrected chi connectivity index (χ2v) is 3.25. The second-order valence-electron chi connectivity index (χ2n) is 2.84. The molecule has 0 aliphatic rings. The molecule has 0 aliphatic carbocycles. The first-order chi connectivity index (χ1) is 6.65. The molecule has 0 radical (unpaired) electrons. The molecule has 1 aromatic rings. The largest absolute Gasteiger partial charge is 0.386 e. The van der Waals surface area contributed by atoms with Crippen molar-refractivity contribution >= 4 is 11.6 Å². The van der Waals surface area contributed by atoms with Crippen molar-refractivity contribution in [2.45, 2.75) is 13.0 Å². The minimum Gasteiger partial charge on any atom is -0.386 e. The lowest BCUT2D eigenvalue weighted by molar-refractivity contribution is 0.0420. The van der Waals surface area contributed by atoms with E-state index in [9.17, 15) is 9.50 Å². The summed E-state index contributed by atoms with van der Waals surface area (Å²) in [5, 5.41) is 9.81. The normalized spacial score (nSPS) is 12.9. The number of hydrogen-bond donors (Lipinski definition) is 1. The molecule has 1 rings (SSSR count). The van der Waals surface area contributed by atoms with Crippen LogP contribution in [0.15, 0.2) is 18.2 Å². The molecule has 0 aliphatic heterocycles. The topological polar surface area (TPSA) is 29.5 Å². The van der Waals surface area contributed by atoms with E-state index in [2.05, 4.69) is 0 Å². The summed E-state index contributed by atoms with van der Waals surface area (Å²) in [5.74, 6) is -0.414. The van der Waals surface area contributed by atoms with Crippen molar-refractivity contribution in [3.05, 3.63) is 34.6 Å². The smallest absolute Gasteiger partial charge is 0.124 e. The molecule has 0 amide bonds. The summed E-state index contributed by atoms with van der Waals surface area (Å²) in [7, 11) is 0. The van der Waals surface area contributed by atoms with Crippen LogP contribution in [-0.2, 0) is 4.74 Å². The van der Waals surface area contributed by atoms with Crippen LogP contribution in [0.5, 0.6) is 0 Å². The molecule has 0 bridgehead atoms. The van der Waals surface area contributed by atoms with E-state index in [0.717, 1.165) is 0 Å². The summed E-state index contributed by atoms with van der Waals surface area (Å²) < 4.78 is 17.7. The Kier molecular flexibility index (Phi) is 4.32. The van der Waals surface area contributed by atoms with Gasteiger partial charge in [-0.3, -0.25) is 0 Å². The molecular formula is C10H12ClFO2. The van der Waals surface area contributed by atoms with Gasteiger partial charge < -0.3 is 9.84 Å². The summed E-state index contributed by atoms with van der Waals surface area (Å²) in [5.41, 5.74) is 0.488. The highest BCUT2D eigenvalue weighted by Gasteiger charge is 2.11. The van der Waals surface area contributed by atoms with Crippen molar-refractivity contribution < 1.29 is 14.2 Å². The molecule has 0 fully saturated rings. The van der Waals surface area contributed by atoms with Gasteiger partial charge in [0.25, 0.3) is 0 Å². The molecule has 0 heterocycles. The van der Waals surface area contributed by atoms with Gasteiger partial charge in [-0.25, -0.2) is 4.39 Å². The Morgan fingerprint density at radius 1 is 1.57 bits per heavy atom. The Morgan fingerprint density at radius 3 is 2.86 bits per heavy atom. The van der Waals surface area contributed by atoms with Gasteiger partial charge in [0.1, 0.15) is 11.9 Å². The number of aliphatic hydroxyl groups is 1. The molecule has 78 valence electrons. The minimum absolute atomic E-state index is 0.169. The van der Waals surface area contributed by atoms with Crippen LogP contribution >= 0.6 is 11.6 Å². The Hall–Kier alpha value is -0.640. The van der Waals surface area contributed by atoms with E-state index in [1.165, 1.54) is 18.2 Å². The fourth-order valence-corrected chi connectivity index (χ4v) is 1.38. The van der Waals surface area contributed by atoms with Crippen LogP contribution in [-0.4, -0.2) is 18.3 Å². The molecule has 0 saturated carbocycles. The first kappa shape index (κ1) is 11.4. The Bertz CT molecular complexity index is 304. The first-order valence-corrected chi connectivity index (χ1v) is 4.73. The van der Waals surface area contributed by atoms with Crippen molar-refractivity contribution in [1.29, 1.82) is 0 Å². The highest BCUT2D eigenvalue weighted by molar-refractivity contribution is 6.31. The highest BCUT2D eigenvalue weighted by atomic mass is 35.5. The predicted molar refractivity (Wildman–Crippen MR) is 52.9 cm³/mol. The molecule has 0 spiro atoms. The fraction of sp³-hybridized carbons (Fsp3) is 0.400. The summed E-state index contributed by atoms with van der Waals surface area (Å²) in [6.45, 7) is 2.52. The van der Waals surface area contributed by atoms with E-state index < -0.39 is 11.9 Å². The van der Waals surface area contributed by atoms with E-state index in [-0.39, 0.29) is 11.6 Å². The van der Waals surface area contributed by atoms with Crippen LogP contribution in [0.25, 0.3) is 0 Å². The zero-order valence-electron chi connectivity index (χ0n) is 7.84. The van der Waals surface area contributed by atoms with Gasteiger partial charge in [-0.1, -0.05) is 17.7 Å². The predicted octanol–water partition coefficient (Wildman–Crippen LogP) is 2.55. The summed E-state index contributed by atoms with van der Waals surface area (Å²) >= 11 is 5.75. The number of benzene rings is 1. The third kappa shape index (κ3) is 2.94. The number of hydrogen-bond acceptors (Lipinski definition) is 2. The van der Waals surface area contributed by atoms with Crippen LogP contribution in [0.3, 0.4) is 0 Å². The van der Waals surface area contributed by atoms with Gasteiger partial charge in [0, 0.05) is 17.2 Å². The number of aliphatic hydroxyl groups excluding tert-OH is 1. The van der Waals surface area contributed by atoms with E-state index in [0.29, 0.717) is 12.2 Å². The SMILES string of the molecule is CCOCC(O)c1ccc(F)cc1Cl. The van der Waals surface area contributed by atoms with Crippen molar-refractivity contribution in [1.82, 2.24) is 0 Å². The zero-order chi connectivity index (χ0) is 10.6. The number of ether oxygens (including phenoxy) is 1. The van der Waals surface area contributed by atoms with Gasteiger partial charge in [-0.2, -0.15) is 0 Å². The quantitative estimate of drug-likeness (QED) is 0.842. The zero-order valence-corrected chi connectivity index (χ0v) is 8.59. The summed E-state index contributed by atoms with van der Waals surface area (Å²) in [4.78, 5) is 0. The molecule has 14 heavy (non-hydrogen) atoms. The van der Waals surface area contributed by atoms with Crippen LogP contribution in [0.2, 0.25) is 5.02 Å². The summed E-state index contributed by atoms with van der Waals surface area (Å²) in [6.07, 6.45) is -0.803. The first-order valence-electron chi connectivity index (χ1n) is 4.36. The molecule has 1 N–H and O–H groups in total. The van der Waals surface area contributed by atoms with Crippen molar-refractivity contribution in [2.75, 3.05) is 13.2 Å². The van der Waals surface area contributed by atoms with E-state index in [1.54, 1.807) is 0 Å². The lowest BCUT2D eigenvalue weighted by Gasteiger charge is -2.12. The van der Waals surface area contributed by atoms with Gasteiger partial charge in [0.15, 0.2) is 0 Å². The van der Waals surface area contributed by atoms with Gasteiger partial charge in [0.05, 0.1) is 6.61 Å². The third-order valence-electron chi connectivity index (χ3n) is 1.80. The molecule has 4 heteroatoms. The average molecular weight is 219 g/mol. The van der Waals surface area contributed by atoms with Gasteiger partial charge in [-0.15, -0.1) is 0 Å². The Morgan fingerprint density at radius 2 is 2.29 bits per heavy atom. The maximum Gasteiger partial charge on any atom is 0.124 e. The van der Waals surface area contributed by atoms with Crippen LogP contribution in [0, 0.1) is 5.82 Å². The molecule has 2 nitrogen and oxygen atoms in total. The Labute approximate surface area is 87.3 Å². The van der Waals surface area contributed by atoms with Crippen molar-refractivity contribution in [3.63, 3.8) is 0 Å². The molecule has 1 atom stereocenters. The standard InChI is InChI=1S/C10H12ClFO2/c1-2-14-6-10(13)8-4-3-7(12)5-9(8)11/h3-5,10,13H,2,6H2,1H3. The average Bonchev–Trinajstić information content (AvgIpc) is 2.14. The molecule has 0 saturated heterocycles. The van der Waals surface area contributed by atoms with Crippen molar-refractivity contribution in [3.8, 4) is 0 Å². The van der Waals surface area contributed by atoms with Crippen molar-refractivity contribution in [2.24, 2.45) is 0 Å². The van der Waals surface area contributed by atoms with Gasteiger partial charge >= 0.3 is 0 Å². The monoisotopic (exact) mass is 218 g/mol. The minimum atomic E-state index is -0.803. The second kappa shape index (κ2) is 5.29. The maximum absolute atomic E-state index is 12.7. The van der Waals surface area contributed by atoms with E-state index in [1.807, 2.05) is 6.92 Å². The molecule has 0 aromatic heterocycles. The molecule has 1 aromatic carbocycles. The fourth-order valence-electron chi connectivity index (χ4n) is 1.09. The lowest BCUT2D eigenvalue weighted by Crippen LogP contribution is -2.07. The van der Waals surface area contributed by atoms with E-state index >= 15 is 0 Å². The number of halogens is 2. The third-order valence-corrected chi connectivity index (χ3v) is 2.13. The van der Waals surface area contributed by atoms with E-state index in [4.69, 9.17) is 16.3 Å². The van der Waals surface area contributed by atoms with Gasteiger partial charge in [-0.05, 0) is 19.1 Å². The Balaban J connectivity index is 2.74. The summed E-state index contributed by atoms with van der Waals surface area (Å²) in [6, 6.07) is 3.89. The van der Waals surface area contributed by atoms with Crippen LogP contribution in [0.1, 0.15) is 18.6 Å². The van der Waals surface area contributed by atoms with Gasteiger partial charge in [0.2, 0.25) is 0 Å². The molecule has 1 unspecified atom stereocenters. The highest BCUT2D eigenvalue weighted by Crippen LogP contribution is 2.23. The van der Waals surface area contributed by atoms with Crippen LogP contribution < -0.4 is 0 Å². The van der Waals surface area contributed by atoms with Crippen LogP contribution in [0.4, 0.5) is 4.39 Å². The maximum atomic E-state index is 12.7. The molecular weight excluding hydrogens is 207 g/mol.